The Morgan fingerprint density at radius 2 is 1.67 bits per heavy atom. The maximum absolute atomic E-state index is 14.0. The average molecular weight is 285 g/mol. The van der Waals surface area contributed by atoms with Gasteiger partial charge >= 0.3 is 0 Å². The fourth-order valence-corrected chi connectivity index (χ4v) is 2.41. The van der Waals surface area contributed by atoms with Crippen LogP contribution in [0.3, 0.4) is 0 Å². The van der Waals surface area contributed by atoms with Gasteiger partial charge in [0.1, 0.15) is 17.3 Å². The molecule has 0 bridgehead atoms. The monoisotopic (exact) mass is 285 g/mol. The first-order valence-corrected chi connectivity index (χ1v) is 6.66. The highest BCUT2D eigenvalue weighted by Crippen LogP contribution is 2.24. The van der Waals surface area contributed by atoms with Crippen molar-refractivity contribution < 1.29 is 13.9 Å². The average Bonchev–Trinajstić information content (AvgIpc) is 2.91. The number of hydrogen-bond donors (Lipinski definition) is 0. The molecule has 108 valence electrons. The maximum atomic E-state index is 14.0. The molecule has 0 atom stereocenters. The summed E-state index contributed by atoms with van der Waals surface area (Å²) in [5, 5.41) is 1.07. The van der Waals surface area contributed by atoms with Crippen molar-refractivity contribution in [3.05, 3.63) is 60.0 Å². The Kier molecular flexibility index (Phi) is 3.52. The highest BCUT2D eigenvalue weighted by molar-refractivity contribution is 5.81. The third-order valence-corrected chi connectivity index (χ3v) is 3.58. The van der Waals surface area contributed by atoms with Gasteiger partial charge in [-0.15, -0.1) is 0 Å². The molecule has 0 fully saturated rings. The Labute approximate surface area is 122 Å². The molecule has 3 rings (SSSR count). The van der Waals surface area contributed by atoms with Gasteiger partial charge in [-0.05, 0) is 30.3 Å². The number of aromatic nitrogens is 1. The lowest BCUT2D eigenvalue weighted by atomic mass is 10.2. The first-order valence-electron chi connectivity index (χ1n) is 6.66. The van der Waals surface area contributed by atoms with Gasteiger partial charge in [-0.1, -0.05) is 6.07 Å². The third-order valence-electron chi connectivity index (χ3n) is 3.58. The van der Waals surface area contributed by atoms with E-state index in [0.717, 1.165) is 16.7 Å². The maximum Gasteiger partial charge on any atom is 0.131 e. The van der Waals surface area contributed by atoms with Gasteiger partial charge in [-0.25, -0.2) is 4.39 Å². The van der Waals surface area contributed by atoms with Crippen molar-refractivity contribution in [2.45, 2.75) is 6.54 Å². The molecule has 0 spiro atoms. The summed E-state index contributed by atoms with van der Waals surface area (Å²) >= 11 is 0. The molecular weight excluding hydrogens is 269 g/mol. The van der Waals surface area contributed by atoms with Gasteiger partial charge in [0.25, 0.3) is 0 Å². The predicted octanol–water partition coefficient (Wildman–Crippen LogP) is 3.85. The summed E-state index contributed by atoms with van der Waals surface area (Å²) in [6, 6.07) is 12.8. The summed E-state index contributed by atoms with van der Waals surface area (Å²) in [6.07, 6.45) is 1.95. The quantitative estimate of drug-likeness (QED) is 0.727. The predicted molar refractivity (Wildman–Crippen MR) is 80.5 cm³/mol. The van der Waals surface area contributed by atoms with Crippen molar-refractivity contribution in [1.82, 2.24) is 4.57 Å². The van der Waals surface area contributed by atoms with Crippen LogP contribution in [-0.4, -0.2) is 18.8 Å². The number of nitrogens with zero attached hydrogens (tertiary/aromatic N) is 1. The lowest BCUT2D eigenvalue weighted by Crippen LogP contribution is -2.01. The van der Waals surface area contributed by atoms with Crippen LogP contribution in [0.1, 0.15) is 5.56 Å². The molecule has 0 radical (unpaired) electrons. The van der Waals surface area contributed by atoms with E-state index >= 15 is 0 Å². The molecule has 0 amide bonds. The second kappa shape index (κ2) is 5.48. The summed E-state index contributed by atoms with van der Waals surface area (Å²) in [7, 11) is 3.17. The van der Waals surface area contributed by atoms with E-state index in [1.54, 1.807) is 19.2 Å². The molecule has 0 aliphatic rings. The lowest BCUT2D eigenvalue weighted by Gasteiger charge is -2.09. The smallest absolute Gasteiger partial charge is 0.131 e. The minimum absolute atomic E-state index is 0.260. The zero-order valence-electron chi connectivity index (χ0n) is 12.0. The van der Waals surface area contributed by atoms with Gasteiger partial charge in [0, 0.05) is 28.7 Å². The van der Waals surface area contributed by atoms with Crippen LogP contribution in [0.4, 0.5) is 4.39 Å². The van der Waals surface area contributed by atoms with E-state index in [9.17, 15) is 4.39 Å². The first-order chi connectivity index (χ1) is 10.2. The Bertz CT molecular complexity index is 780. The van der Waals surface area contributed by atoms with E-state index in [-0.39, 0.29) is 5.82 Å². The summed E-state index contributed by atoms with van der Waals surface area (Å²) < 4.78 is 26.3. The third kappa shape index (κ3) is 2.57. The largest absolute Gasteiger partial charge is 0.497 e. The second-order valence-electron chi connectivity index (χ2n) is 4.83. The van der Waals surface area contributed by atoms with Crippen molar-refractivity contribution in [2.75, 3.05) is 14.2 Å². The molecule has 3 aromatic rings. The molecule has 0 unspecified atom stereocenters. The Balaban J connectivity index is 1.95. The summed E-state index contributed by atoms with van der Waals surface area (Å²) in [5.74, 6) is 1.08. The topological polar surface area (TPSA) is 23.4 Å². The number of hydrogen-bond acceptors (Lipinski definition) is 2. The zero-order chi connectivity index (χ0) is 14.8. The van der Waals surface area contributed by atoms with Crippen LogP contribution < -0.4 is 9.47 Å². The van der Waals surface area contributed by atoms with Crippen LogP contribution in [0.25, 0.3) is 10.9 Å². The molecule has 0 N–H and O–H groups in total. The Morgan fingerprint density at radius 1 is 0.952 bits per heavy atom. The zero-order valence-corrected chi connectivity index (χ0v) is 12.0. The van der Waals surface area contributed by atoms with Crippen molar-refractivity contribution in [3.63, 3.8) is 0 Å². The van der Waals surface area contributed by atoms with Crippen LogP contribution in [-0.2, 0) is 6.54 Å². The molecular formula is C17H16FNO2. The highest BCUT2D eigenvalue weighted by Gasteiger charge is 2.07. The summed E-state index contributed by atoms with van der Waals surface area (Å²) in [4.78, 5) is 0. The normalized spacial score (nSPS) is 10.8. The first kappa shape index (κ1) is 13.5. The summed E-state index contributed by atoms with van der Waals surface area (Å²) in [5.41, 5.74) is 1.68. The molecule has 2 aromatic carbocycles. The van der Waals surface area contributed by atoms with E-state index in [1.807, 2.05) is 35.0 Å². The van der Waals surface area contributed by atoms with Gasteiger partial charge in [0.2, 0.25) is 0 Å². The van der Waals surface area contributed by atoms with Crippen LogP contribution in [0.15, 0.2) is 48.7 Å². The van der Waals surface area contributed by atoms with Crippen LogP contribution in [0.5, 0.6) is 11.5 Å². The van der Waals surface area contributed by atoms with Crippen LogP contribution in [0.2, 0.25) is 0 Å². The molecule has 21 heavy (non-hydrogen) atoms. The van der Waals surface area contributed by atoms with Crippen molar-refractivity contribution in [1.29, 1.82) is 0 Å². The van der Waals surface area contributed by atoms with Crippen molar-refractivity contribution in [2.24, 2.45) is 0 Å². The minimum Gasteiger partial charge on any atom is -0.497 e. The van der Waals surface area contributed by atoms with Gasteiger partial charge < -0.3 is 14.0 Å². The van der Waals surface area contributed by atoms with E-state index < -0.39 is 0 Å². The number of benzene rings is 2. The van der Waals surface area contributed by atoms with Gasteiger partial charge in [0.05, 0.1) is 20.8 Å². The van der Waals surface area contributed by atoms with Gasteiger partial charge in [-0.3, -0.25) is 0 Å². The fourth-order valence-electron chi connectivity index (χ4n) is 2.41. The number of rotatable bonds is 4. The Hall–Kier alpha value is -2.49. The molecule has 0 aliphatic heterocycles. The molecule has 0 saturated heterocycles. The molecule has 0 saturated carbocycles. The molecule has 4 heteroatoms. The number of methoxy groups -OCH3 is 2. The SMILES string of the molecule is COc1ccc(Cn2ccc3cc(OC)ccc32)c(F)c1. The van der Waals surface area contributed by atoms with E-state index in [4.69, 9.17) is 9.47 Å². The highest BCUT2D eigenvalue weighted by atomic mass is 19.1. The van der Waals surface area contributed by atoms with Crippen LogP contribution in [0, 0.1) is 5.82 Å². The van der Waals surface area contributed by atoms with Crippen molar-refractivity contribution in [3.8, 4) is 11.5 Å². The second-order valence-corrected chi connectivity index (χ2v) is 4.83. The lowest BCUT2D eigenvalue weighted by molar-refractivity contribution is 0.410. The minimum atomic E-state index is -0.260. The number of fused-ring (bicyclic) bond motifs is 1. The van der Waals surface area contributed by atoms with Crippen LogP contribution >= 0.6 is 0 Å². The number of ether oxygens (including phenoxy) is 2. The standard InChI is InChI=1S/C17H16FNO2/c1-20-14-5-6-17-12(9-14)7-8-19(17)11-13-3-4-15(21-2)10-16(13)18/h3-10H,11H2,1-2H3. The molecule has 1 heterocycles. The number of halogens is 1. The summed E-state index contributed by atoms with van der Waals surface area (Å²) in [6.45, 7) is 0.478. The van der Waals surface area contributed by atoms with E-state index in [2.05, 4.69) is 0 Å². The van der Waals surface area contributed by atoms with E-state index in [0.29, 0.717) is 17.9 Å². The van der Waals surface area contributed by atoms with E-state index in [1.165, 1.54) is 13.2 Å². The molecule has 1 aromatic heterocycles. The fraction of sp³-hybridized carbons (Fsp3) is 0.176. The Morgan fingerprint density at radius 3 is 2.38 bits per heavy atom. The molecule has 0 aliphatic carbocycles. The van der Waals surface area contributed by atoms with Gasteiger partial charge in [-0.2, -0.15) is 0 Å². The van der Waals surface area contributed by atoms with Crippen molar-refractivity contribution >= 4 is 10.9 Å². The van der Waals surface area contributed by atoms with Gasteiger partial charge in [0.15, 0.2) is 0 Å². The molecule has 3 nitrogen and oxygen atoms in total.